The molecule has 10 nitrogen and oxygen atoms in total. The van der Waals surface area contributed by atoms with Gasteiger partial charge in [0.15, 0.2) is 0 Å². The van der Waals surface area contributed by atoms with Crippen molar-refractivity contribution < 1.29 is 33.8 Å². The summed E-state index contributed by atoms with van der Waals surface area (Å²) in [5.41, 5.74) is 1.64. The van der Waals surface area contributed by atoms with E-state index in [-0.39, 0.29) is 26.1 Å². The number of carbonyl (C=O) groups excluding carboxylic acids is 4. The molecule has 2 atom stereocenters. The molecule has 0 saturated carbocycles. The Morgan fingerprint density at radius 1 is 0.951 bits per heavy atom. The average molecular weight is 578 g/mol. The van der Waals surface area contributed by atoms with Crippen molar-refractivity contribution in [1.82, 2.24) is 15.5 Å². The molecule has 3 N–H and O–H groups in total. The van der Waals surface area contributed by atoms with Gasteiger partial charge in [0.1, 0.15) is 17.7 Å². The molecule has 0 aromatic heterocycles. The molecule has 1 aromatic carbocycles. The van der Waals surface area contributed by atoms with Crippen molar-refractivity contribution in [2.75, 3.05) is 26.3 Å². The molecule has 0 aliphatic rings. The molecule has 1 rings (SSSR count). The molecular formula is C31H51N3O7. The lowest BCUT2D eigenvalue weighted by Crippen LogP contribution is -2.54. The summed E-state index contributed by atoms with van der Waals surface area (Å²) in [6.07, 6.45) is 4.96. The smallest absolute Gasteiger partial charge is 0.408 e. The highest BCUT2D eigenvalue weighted by atomic mass is 16.6. The van der Waals surface area contributed by atoms with Crippen LogP contribution in [0.25, 0.3) is 0 Å². The molecule has 0 bridgehead atoms. The van der Waals surface area contributed by atoms with Crippen LogP contribution in [0.4, 0.5) is 4.79 Å². The summed E-state index contributed by atoms with van der Waals surface area (Å²) in [6.45, 7) is 12.6. The number of esters is 1. The first kappa shape index (κ1) is 35.9. The van der Waals surface area contributed by atoms with Crippen LogP contribution in [0.3, 0.4) is 0 Å². The molecule has 0 aliphatic heterocycles. The Balaban J connectivity index is 3.38. The van der Waals surface area contributed by atoms with Gasteiger partial charge in [0, 0.05) is 13.1 Å². The minimum atomic E-state index is -1.31. The number of rotatable bonds is 17. The second-order valence-corrected chi connectivity index (χ2v) is 11.4. The van der Waals surface area contributed by atoms with Crippen molar-refractivity contribution in [3.63, 3.8) is 0 Å². The molecule has 232 valence electrons. The molecule has 41 heavy (non-hydrogen) atoms. The van der Waals surface area contributed by atoms with Gasteiger partial charge in [0.25, 0.3) is 0 Å². The zero-order valence-corrected chi connectivity index (χ0v) is 26.0. The van der Waals surface area contributed by atoms with E-state index in [2.05, 4.69) is 17.6 Å². The Bertz CT molecular complexity index is 970. The van der Waals surface area contributed by atoms with Crippen molar-refractivity contribution in [3.05, 3.63) is 34.9 Å². The Kier molecular flexibility index (Phi) is 16.0. The summed E-state index contributed by atoms with van der Waals surface area (Å²) in [5.74, 6) is -1.50. The second-order valence-electron chi connectivity index (χ2n) is 11.4. The molecule has 3 amide bonds. The van der Waals surface area contributed by atoms with E-state index in [1.807, 2.05) is 32.0 Å². The van der Waals surface area contributed by atoms with Crippen LogP contribution in [0.1, 0.15) is 102 Å². The standard InChI is InChI=1S/C31H51N3O7/c1-8-10-11-12-13-14-17-34(29(38)25(21-35)33-30(39)41-31(5,6)7)27(24-19-22(3)18-23(4)20-24)28(37)32-16-15-26(36)40-9-2/h18-20,25,27,35H,8-17,21H2,1-7H3,(H,32,37)(H,33,39). The summed E-state index contributed by atoms with van der Waals surface area (Å²) in [6, 6.07) is 3.30. The number of ether oxygens (including phenoxy) is 2. The molecule has 2 unspecified atom stereocenters. The molecular weight excluding hydrogens is 526 g/mol. The molecule has 10 heteroatoms. The fourth-order valence-corrected chi connectivity index (χ4v) is 4.52. The number of carbonyl (C=O) groups is 4. The molecule has 0 spiro atoms. The van der Waals surface area contributed by atoms with Crippen LogP contribution < -0.4 is 10.6 Å². The highest BCUT2D eigenvalue weighted by Crippen LogP contribution is 2.26. The minimum Gasteiger partial charge on any atom is -0.466 e. The van der Waals surface area contributed by atoms with E-state index >= 15 is 0 Å². The number of nitrogens with one attached hydrogen (secondary N) is 2. The fraction of sp³-hybridized carbons (Fsp3) is 0.677. The number of hydrogen-bond acceptors (Lipinski definition) is 7. The maximum absolute atomic E-state index is 13.9. The van der Waals surface area contributed by atoms with E-state index in [1.54, 1.807) is 27.7 Å². The van der Waals surface area contributed by atoms with E-state index in [0.717, 1.165) is 43.2 Å². The van der Waals surface area contributed by atoms with Gasteiger partial charge in [0.2, 0.25) is 11.8 Å². The van der Waals surface area contributed by atoms with Crippen molar-refractivity contribution >= 4 is 23.9 Å². The van der Waals surface area contributed by atoms with Gasteiger partial charge < -0.3 is 30.1 Å². The van der Waals surface area contributed by atoms with Gasteiger partial charge in [-0.1, -0.05) is 68.4 Å². The number of unbranched alkanes of at least 4 members (excludes halogenated alkanes) is 5. The van der Waals surface area contributed by atoms with Gasteiger partial charge in [-0.3, -0.25) is 14.4 Å². The number of hydrogen-bond donors (Lipinski definition) is 3. The van der Waals surface area contributed by atoms with Crippen LogP contribution in [0, 0.1) is 13.8 Å². The van der Waals surface area contributed by atoms with E-state index in [4.69, 9.17) is 9.47 Å². The number of alkyl carbamates (subject to hydrolysis) is 1. The predicted octanol–water partition coefficient (Wildman–Crippen LogP) is 4.49. The molecule has 0 saturated heterocycles. The topological polar surface area (TPSA) is 134 Å². The van der Waals surface area contributed by atoms with Gasteiger partial charge in [-0.05, 0) is 53.5 Å². The summed E-state index contributed by atoms with van der Waals surface area (Å²) >= 11 is 0. The SMILES string of the molecule is CCCCCCCCN(C(=O)C(CO)NC(=O)OC(C)(C)C)C(C(=O)NCCC(=O)OCC)c1cc(C)cc(C)c1. The van der Waals surface area contributed by atoms with E-state index in [9.17, 15) is 24.3 Å². The van der Waals surface area contributed by atoms with E-state index in [1.165, 1.54) is 4.90 Å². The summed E-state index contributed by atoms with van der Waals surface area (Å²) in [7, 11) is 0. The van der Waals surface area contributed by atoms with Crippen molar-refractivity contribution in [2.24, 2.45) is 0 Å². The lowest BCUT2D eigenvalue weighted by Gasteiger charge is -2.34. The summed E-state index contributed by atoms with van der Waals surface area (Å²) in [5, 5.41) is 15.4. The predicted molar refractivity (Wildman–Crippen MR) is 158 cm³/mol. The van der Waals surface area contributed by atoms with Crippen LogP contribution in [0.5, 0.6) is 0 Å². The monoisotopic (exact) mass is 577 g/mol. The highest BCUT2D eigenvalue weighted by molar-refractivity contribution is 5.92. The van der Waals surface area contributed by atoms with Crippen LogP contribution in [0.2, 0.25) is 0 Å². The van der Waals surface area contributed by atoms with Gasteiger partial charge in [-0.2, -0.15) is 0 Å². The van der Waals surface area contributed by atoms with Crippen LogP contribution >= 0.6 is 0 Å². The summed E-state index contributed by atoms with van der Waals surface area (Å²) < 4.78 is 10.3. The third-order valence-electron chi connectivity index (χ3n) is 6.26. The molecule has 0 heterocycles. The van der Waals surface area contributed by atoms with E-state index in [0.29, 0.717) is 12.0 Å². The summed E-state index contributed by atoms with van der Waals surface area (Å²) in [4.78, 5) is 53.4. The van der Waals surface area contributed by atoms with Crippen LogP contribution in [0.15, 0.2) is 18.2 Å². The van der Waals surface area contributed by atoms with Crippen LogP contribution in [-0.2, 0) is 23.9 Å². The van der Waals surface area contributed by atoms with Crippen molar-refractivity contribution in [1.29, 1.82) is 0 Å². The van der Waals surface area contributed by atoms with E-state index < -0.39 is 48.2 Å². The number of amides is 3. The lowest BCUT2D eigenvalue weighted by atomic mass is 9.98. The molecule has 0 aliphatic carbocycles. The first-order valence-corrected chi connectivity index (χ1v) is 14.7. The average Bonchev–Trinajstić information content (AvgIpc) is 2.86. The number of aliphatic hydroxyl groups excluding tert-OH is 1. The Hall–Kier alpha value is -3.14. The zero-order chi connectivity index (χ0) is 31.0. The largest absolute Gasteiger partial charge is 0.466 e. The van der Waals surface area contributed by atoms with Crippen LogP contribution in [-0.4, -0.2) is 71.8 Å². The quantitative estimate of drug-likeness (QED) is 0.183. The minimum absolute atomic E-state index is 0.00994. The second kappa shape index (κ2) is 18.3. The normalized spacial score (nSPS) is 12.7. The maximum atomic E-state index is 13.9. The van der Waals surface area contributed by atoms with Gasteiger partial charge in [-0.25, -0.2) is 4.79 Å². The number of aryl methyl sites for hydroxylation is 2. The van der Waals surface area contributed by atoms with Gasteiger partial charge in [0.05, 0.1) is 19.6 Å². The Labute approximate surface area is 245 Å². The highest BCUT2D eigenvalue weighted by Gasteiger charge is 2.36. The maximum Gasteiger partial charge on any atom is 0.408 e. The number of aliphatic hydroxyl groups is 1. The first-order chi connectivity index (χ1) is 19.3. The van der Waals surface area contributed by atoms with Crippen molar-refractivity contribution in [2.45, 2.75) is 111 Å². The van der Waals surface area contributed by atoms with Gasteiger partial charge in [-0.15, -0.1) is 0 Å². The third kappa shape index (κ3) is 13.9. The van der Waals surface area contributed by atoms with Crippen molar-refractivity contribution in [3.8, 4) is 0 Å². The third-order valence-corrected chi connectivity index (χ3v) is 6.26. The molecule has 1 aromatic rings. The lowest BCUT2D eigenvalue weighted by molar-refractivity contribution is -0.144. The Morgan fingerprint density at radius 2 is 1.56 bits per heavy atom. The van der Waals surface area contributed by atoms with Gasteiger partial charge >= 0.3 is 12.1 Å². The number of nitrogens with zero attached hydrogens (tertiary/aromatic N) is 1. The Morgan fingerprint density at radius 3 is 2.12 bits per heavy atom. The molecule has 0 radical (unpaired) electrons. The number of benzene rings is 1. The zero-order valence-electron chi connectivity index (χ0n) is 26.0. The fourth-order valence-electron chi connectivity index (χ4n) is 4.52. The first-order valence-electron chi connectivity index (χ1n) is 14.7. The molecule has 0 fully saturated rings.